The molecule has 0 N–H and O–H groups in total. The highest BCUT2D eigenvalue weighted by Gasteiger charge is 2.17. The second-order valence-electron chi connectivity index (χ2n) is 10.7. The first-order chi connectivity index (χ1) is 21.7. The molecule has 0 amide bonds. The summed E-state index contributed by atoms with van der Waals surface area (Å²) in [5, 5.41) is 0.732. The van der Waals surface area contributed by atoms with E-state index in [0.29, 0.717) is 0 Å². The van der Waals surface area contributed by atoms with Crippen molar-refractivity contribution < 1.29 is 0 Å². The molecule has 0 aliphatic rings. The lowest BCUT2D eigenvalue weighted by Gasteiger charge is -2.25. The fourth-order valence-electron chi connectivity index (χ4n) is 5.81. The molecule has 0 aliphatic heterocycles. The highest BCUT2D eigenvalue weighted by molar-refractivity contribution is 6.30. The minimum atomic E-state index is 0.732. The highest BCUT2D eigenvalue weighted by atomic mass is 35.5. The summed E-state index contributed by atoms with van der Waals surface area (Å²) in [6.07, 6.45) is 0. The predicted molar refractivity (Wildman–Crippen MR) is 188 cm³/mol. The number of hydrogen-bond acceptors (Lipinski definition) is 1. The van der Waals surface area contributed by atoms with Crippen LogP contribution in [0, 0.1) is 0 Å². The van der Waals surface area contributed by atoms with E-state index in [1.54, 1.807) is 0 Å². The van der Waals surface area contributed by atoms with Gasteiger partial charge in [-0.2, -0.15) is 0 Å². The molecule has 1 nitrogen and oxygen atoms in total. The summed E-state index contributed by atoms with van der Waals surface area (Å²) in [5.41, 5.74) is 12.7. The van der Waals surface area contributed by atoms with Crippen LogP contribution in [0.5, 0.6) is 0 Å². The van der Waals surface area contributed by atoms with Crippen molar-refractivity contribution in [3.05, 3.63) is 187 Å². The van der Waals surface area contributed by atoms with Gasteiger partial charge in [-0.3, -0.25) is 0 Å². The van der Waals surface area contributed by atoms with Crippen LogP contribution in [0.15, 0.2) is 182 Å². The van der Waals surface area contributed by atoms with Crippen molar-refractivity contribution in [1.82, 2.24) is 0 Å². The van der Waals surface area contributed by atoms with E-state index in [1.807, 2.05) is 12.1 Å². The normalized spacial score (nSPS) is 10.8. The highest BCUT2D eigenvalue weighted by Crippen LogP contribution is 2.43. The summed E-state index contributed by atoms with van der Waals surface area (Å²) in [6, 6.07) is 64.1. The van der Waals surface area contributed by atoms with Crippen LogP contribution in [-0.2, 0) is 0 Å². The van der Waals surface area contributed by atoms with E-state index in [0.717, 1.165) is 33.2 Å². The maximum atomic E-state index is 6.30. The van der Waals surface area contributed by atoms with Gasteiger partial charge in [0.2, 0.25) is 0 Å². The number of halogens is 1. The maximum Gasteiger partial charge on any atom is 0.0462 e. The van der Waals surface area contributed by atoms with Crippen LogP contribution in [0.2, 0.25) is 5.02 Å². The lowest BCUT2D eigenvalue weighted by atomic mass is 9.85. The molecular weight excluding hydrogens is 554 g/mol. The molecule has 0 aliphatic carbocycles. The SMILES string of the molecule is Clc1ccc(-c2cc(-c3ccccc3)c(-c3ccc(N(c4ccccc4)c4ccccc4)cc3)cc2-c2ccccc2)cc1. The van der Waals surface area contributed by atoms with E-state index in [9.17, 15) is 0 Å². The number of benzene rings is 7. The molecule has 0 bridgehead atoms. The van der Waals surface area contributed by atoms with Gasteiger partial charge in [0, 0.05) is 22.1 Å². The third-order valence-electron chi connectivity index (χ3n) is 7.95. The molecule has 0 radical (unpaired) electrons. The zero-order valence-electron chi connectivity index (χ0n) is 24.1. The van der Waals surface area contributed by atoms with Gasteiger partial charge in [-0.1, -0.05) is 133 Å². The van der Waals surface area contributed by atoms with E-state index < -0.39 is 0 Å². The first-order valence-electron chi connectivity index (χ1n) is 14.8. The van der Waals surface area contributed by atoms with Gasteiger partial charge in [0.05, 0.1) is 0 Å². The van der Waals surface area contributed by atoms with Crippen LogP contribution >= 0.6 is 11.6 Å². The molecule has 0 saturated carbocycles. The van der Waals surface area contributed by atoms with Crippen molar-refractivity contribution >= 4 is 28.7 Å². The summed E-state index contributed by atoms with van der Waals surface area (Å²) in [6.45, 7) is 0. The summed E-state index contributed by atoms with van der Waals surface area (Å²) in [5.74, 6) is 0. The van der Waals surface area contributed by atoms with Crippen LogP contribution in [-0.4, -0.2) is 0 Å². The van der Waals surface area contributed by atoms with E-state index >= 15 is 0 Å². The van der Waals surface area contributed by atoms with Gasteiger partial charge in [-0.05, 0) is 105 Å². The summed E-state index contributed by atoms with van der Waals surface area (Å²) in [4.78, 5) is 2.29. The summed E-state index contributed by atoms with van der Waals surface area (Å²) >= 11 is 6.30. The summed E-state index contributed by atoms with van der Waals surface area (Å²) in [7, 11) is 0. The Morgan fingerprint density at radius 2 is 0.591 bits per heavy atom. The van der Waals surface area contributed by atoms with Gasteiger partial charge in [-0.25, -0.2) is 0 Å². The molecular formula is C42H30ClN. The third-order valence-corrected chi connectivity index (χ3v) is 8.20. The minimum Gasteiger partial charge on any atom is -0.311 e. The Morgan fingerprint density at radius 1 is 0.295 bits per heavy atom. The fraction of sp³-hybridized carbons (Fsp3) is 0. The Balaban J connectivity index is 1.41. The van der Waals surface area contributed by atoms with Gasteiger partial charge in [0.1, 0.15) is 0 Å². The summed E-state index contributed by atoms with van der Waals surface area (Å²) < 4.78 is 0. The maximum absolute atomic E-state index is 6.30. The standard InChI is InChI=1S/C42H30ClN/c43-35-25-21-33(22-26-35)41-29-40(32-15-7-2-8-16-32)42(30-39(41)31-13-5-1-6-14-31)34-23-27-38(28-24-34)44(36-17-9-3-10-18-36)37-19-11-4-12-20-37/h1-30H. The van der Waals surface area contributed by atoms with E-state index in [1.165, 1.54) is 33.4 Å². The van der Waals surface area contributed by atoms with Gasteiger partial charge < -0.3 is 4.90 Å². The van der Waals surface area contributed by atoms with Crippen LogP contribution in [0.4, 0.5) is 17.1 Å². The number of anilines is 3. The minimum absolute atomic E-state index is 0.732. The van der Waals surface area contributed by atoms with Crippen LogP contribution in [0.25, 0.3) is 44.5 Å². The average Bonchev–Trinajstić information content (AvgIpc) is 3.10. The Morgan fingerprint density at radius 3 is 0.977 bits per heavy atom. The number of hydrogen-bond donors (Lipinski definition) is 0. The lowest BCUT2D eigenvalue weighted by Crippen LogP contribution is -2.09. The molecule has 0 atom stereocenters. The van der Waals surface area contributed by atoms with E-state index in [2.05, 4.69) is 175 Å². The van der Waals surface area contributed by atoms with Gasteiger partial charge in [0.25, 0.3) is 0 Å². The number of para-hydroxylation sites is 2. The van der Waals surface area contributed by atoms with Crippen LogP contribution < -0.4 is 4.90 Å². The number of rotatable bonds is 7. The smallest absolute Gasteiger partial charge is 0.0462 e. The van der Waals surface area contributed by atoms with Crippen LogP contribution in [0.1, 0.15) is 0 Å². The van der Waals surface area contributed by atoms with E-state index in [-0.39, 0.29) is 0 Å². The van der Waals surface area contributed by atoms with Gasteiger partial charge in [0.15, 0.2) is 0 Å². The molecule has 0 heterocycles. The van der Waals surface area contributed by atoms with Crippen molar-refractivity contribution in [2.75, 3.05) is 4.90 Å². The zero-order valence-corrected chi connectivity index (χ0v) is 24.9. The molecule has 0 saturated heterocycles. The third kappa shape index (κ3) is 5.66. The van der Waals surface area contributed by atoms with Gasteiger partial charge in [-0.15, -0.1) is 0 Å². The van der Waals surface area contributed by atoms with Crippen LogP contribution in [0.3, 0.4) is 0 Å². The first kappa shape index (κ1) is 27.5. The Kier molecular flexibility index (Phi) is 7.78. The fourth-order valence-corrected chi connectivity index (χ4v) is 5.94. The Hall–Kier alpha value is -5.37. The van der Waals surface area contributed by atoms with Crippen molar-refractivity contribution in [2.45, 2.75) is 0 Å². The van der Waals surface area contributed by atoms with Crippen molar-refractivity contribution in [3.63, 3.8) is 0 Å². The Bertz CT molecular complexity index is 1930. The second-order valence-corrected chi connectivity index (χ2v) is 11.2. The second kappa shape index (κ2) is 12.5. The molecule has 210 valence electrons. The molecule has 0 spiro atoms. The monoisotopic (exact) mass is 583 g/mol. The quantitative estimate of drug-likeness (QED) is 0.180. The van der Waals surface area contributed by atoms with Crippen molar-refractivity contribution in [2.24, 2.45) is 0 Å². The number of nitrogens with zero attached hydrogens (tertiary/aromatic N) is 1. The van der Waals surface area contributed by atoms with Crippen molar-refractivity contribution in [3.8, 4) is 44.5 Å². The van der Waals surface area contributed by atoms with E-state index in [4.69, 9.17) is 11.6 Å². The largest absolute Gasteiger partial charge is 0.311 e. The molecule has 44 heavy (non-hydrogen) atoms. The average molecular weight is 584 g/mol. The zero-order chi connectivity index (χ0) is 29.7. The lowest BCUT2D eigenvalue weighted by molar-refractivity contribution is 1.28. The van der Waals surface area contributed by atoms with Crippen molar-refractivity contribution in [1.29, 1.82) is 0 Å². The predicted octanol–water partition coefficient (Wildman–Crippen LogP) is 12.5. The molecule has 0 aromatic heterocycles. The topological polar surface area (TPSA) is 3.24 Å². The Labute approximate surface area is 264 Å². The molecule has 7 aromatic rings. The molecule has 0 fully saturated rings. The first-order valence-corrected chi connectivity index (χ1v) is 15.2. The molecule has 0 unspecified atom stereocenters. The molecule has 7 aromatic carbocycles. The van der Waals surface area contributed by atoms with Gasteiger partial charge >= 0.3 is 0 Å². The molecule has 2 heteroatoms. The molecule has 7 rings (SSSR count).